The quantitative estimate of drug-likeness (QED) is 0.741. The molecule has 1 atom stereocenters. The Labute approximate surface area is 125 Å². The maximum Gasteiger partial charge on any atom is 0.243 e. The molecule has 0 saturated heterocycles. The van der Waals surface area contributed by atoms with E-state index in [-0.39, 0.29) is 23.0 Å². The number of hydrogen-bond donors (Lipinski definition) is 2. The molecule has 0 aromatic carbocycles. The summed E-state index contributed by atoms with van der Waals surface area (Å²) in [6.45, 7) is 6.28. The van der Waals surface area contributed by atoms with Gasteiger partial charge in [0.05, 0.1) is 11.7 Å². The van der Waals surface area contributed by atoms with Crippen molar-refractivity contribution in [2.24, 2.45) is 5.73 Å². The average molecular weight is 314 g/mol. The SMILES string of the molecule is CCN(CC)C(=O)C(C)NS(=O)(=O)c1cccnc1CN. The van der Waals surface area contributed by atoms with Crippen molar-refractivity contribution in [2.75, 3.05) is 13.1 Å². The number of nitrogens with one attached hydrogen (secondary N) is 1. The molecule has 1 amide bonds. The highest BCUT2D eigenvalue weighted by molar-refractivity contribution is 7.89. The Hall–Kier alpha value is -1.51. The molecule has 0 radical (unpaired) electrons. The molecule has 1 rings (SSSR count). The molecule has 1 heterocycles. The van der Waals surface area contributed by atoms with E-state index in [1.54, 1.807) is 4.90 Å². The van der Waals surface area contributed by atoms with Crippen molar-refractivity contribution < 1.29 is 13.2 Å². The molecular weight excluding hydrogens is 292 g/mol. The van der Waals surface area contributed by atoms with Gasteiger partial charge in [-0.25, -0.2) is 8.42 Å². The van der Waals surface area contributed by atoms with Gasteiger partial charge < -0.3 is 10.6 Å². The first-order chi connectivity index (χ1) is 9.87. The number of pyridine rings is 1. The molecule has 0 aliphatic carbocycles. The van der Waals surface area contributed by atoms with E-state index in [0.717, 1.165) is 0 Å². The third-order valence-electron chi connectivity index (χ3n) is 3.11. The van der Waals surface area contributed by atoms with E-state index in [1.807, 2.05) is 13.8 Å². The number of hydrogen-bond acceptors (Lipinski definition) is 5. The van der Waals surface area contributed by atoms with Gasteiger partial charge in [0.15, 0.2) is 0 Å². The largest absolute Gasteiger partial charge is 0.342 e. The Balaban J connectivity index is 2.97. The van der Waals surface area contributed by atoms with Crippen LogP contribution < -0.4 is 10.5 Å². The fourth-order valence-corrected chi connectivity index (χ4v) is 3.37. The van der Waals surface area contributed by atoms with Gasteiger partial charge >= 0.3 is 0 Å². The molecule has 1 aromatic rings. The highest BCUT2D eigenvalue weighted by Gasteiger charge is 2.26. The van der Waals surface area contributed by atoms with Crippen LogP contribution in [0.5, 0.6) is 0 Å². The third kappa shape index (κ3) is 4.23. The molecule has 1 aromatic heterocycles. The van der Waals surface area contributed by atoms with Gasteiger partial charge in [0.25, 0.3) is 0 Å². The molecule has 0 aliphatic heterocycles. The van der Waals surface area contributed by atoms with Crippen molar-refractivity contribution in [3.63, 3.8) is 0 Å². The minimum absolute atomic E-state index is 0.00620. The molecule has 118 valence electrons. The lowest BCUT2D eigenvalue weighted by molar-refractivity contribution is -0.132. The van der Waals surface area contributed by atoms with Crippen molar-refractivity contribution in [2.45, 2.75) is 38.3 Å². The third-order valence-corrected chi connectivity index (χ3v) is 4.72. The van der Waals surface area contributed by atoms with Crippen molar-refractivity contribution in [1.82, 2.24) is 14.6 Å². The molecule has 7 nitrogen and oxygen atoms in total. The van der Waals surface area contributed by atoms with Gasteiger partial charge in [-0.3, -0.25) is 9.78 Å². The van der Waals surface area contributed by atoms with Gasteiger partial charge in [0.1, 0.15) is 4.90 Å². The normalized spacial score (nSPS) is 13.0. The monoisotopic (exact) mass is 314 g/mol. The van der Waals surface area contributed by atoms with Gasteiger partial charge in [-0.2, -0.15) is 4.72 Å². The molecule has 0 bridgehead atoms. The Morgan fingerprint density at radius 2 is 2.05 bits per heavy atom. The first-order valence-corrected chi connectivity index (χ1v) is 8.30. The smallest absolute Gasteiger partial charge is 0.243 e. The fraction of sp³-hybridized carbons (Fsp3) is 0.538. The Morgan fingerprint density at radius 3 is 2.57 bits per heavy atom. The second-order valence-corrected chi connectivity index (χ2v) is 6.19. The topological polar surface area (TPSA) is 105 Å². The first-order valence-electron chi connectivity index (χ1n) is 6.82. The van der Waals surface area contributed by atoms with Crippen LogP contribution in [0.15, 0.2) is 23.2 Å². The van der Waals surface area contributed by atoms with E-state index >= 15 is 0 Å². The molecule has 0 fully saturated rings. The molecule has 0 spiro atoms. The maximum atomic E-state index is 12.3. The lowest BCUT2D eigenvalue weighted by atomic mass is 10.3. The van der Waals surface area contributed by atoms with Crippen LogP contribution in [0, 0.1) is 0 Å². The number of amides is 1. The van der Waals surface area contributed by atoms with Crippen molar-refractivity contribution >= 4 is 15.9 Å². The zero-order valence-electron chi connectivity index (χ0n) is 12.5. The van der Waals surface area contributed by atoms with Gasteiger partial charge in [-0.15, -0.1) is 0 Å². The Kier molecular flexibility index (Phi) is 6.25. The van der Waals surface area contributed by atoms with Crippen LogP contribution in [0.4, 0.5) is 0 Å². The van der Waals surface area contributed by atoms with Crippen LogP contribution in [0.3, 0.4) is 0 Å². The van der Waals surface area contributed by atoms with Gasteiger partial charge in [-0.1, -0.05) is 0 Å². The highest BCUT2D eigenvalue weighted by Crippen LogP contribution is 2.13. The van der Waals surface area contributed by atoms with Gasteiger partial charge in [0, 0.05) is 25.8 Å². The molecule has 3 N–H and O–H groups in total. The highest BCUT2D eigenvalue weighted by atomic mass is 32.2. The number of nitrogens with two attached hydrogens (primary N) is 1. The molecule has 21 heavy (non-hydrogen) atoms. The summed E-state index contributed by atoms with van der Waals surface area (Å²) >= 11 is 0. The summed E-state index contributed by atoms with van der Waals surface area (Å²) in [5.74, 6) is -0.262. The summed E-state index contributed by atoms with van der Waals surface area (Å²) < 4.78 is 27.1. The predicted octanol–water partition coefficient (Wildman–Crippen LogP) is 0.0755. The van der Waals surface area contributed by atoms with Crippen molar-refractivity contribution in [3.8, 4) is 0 Å². The molecule has 8 heteroatoms. The lowest BCUT2D eigenvalue weighted by Crippen LogP contribution is -2.46. The van der Waals surface area contributed by atoms with Crippen molar-refractivity contribution in [3.05, 3.63) is 24.0 Å². The summed E-state index contributed by atoms with van der Waals surface area (Å²) in [6, 6.07) is 2.09. The number of likely N-dealkylation sites (N-methyl/N-ethyl adjacent to an activating group) is 1. The minimum Gasteiger partial charge on any atom is -0.342 e. The summed E-state index contributed by atoms with van der Waals surface area (Å²) in [5, 5.41) is 0. The number of rotatable bonds is 7. The summed E-state index contributed by atoms with van der Waals surface area (Å²) in [5.41, 5.74) is 5.77. The van der Waals surface area contributed by atoms with Crippen LogP contribution in [0.25, 0.3) is 0 Å². The maximum absolute atomic E-state index is 12.3. The molecule has 0 saturated carbocycles. The summed E-state index contributed by atoms with van der Waals surface area (Å²) in [7, 11) is -3.84. The van der Waals surface area contributed by atoms with E-state index < -0.39 is 16.1 Å². The van der Waals surface area contributed by atoms with E-state index in [2.05, 4.69) is 9.71 Å². The Morgan fingerprint density at radius 1 is 1.43 bits per heavy atom. The van der Waals surface area contributed by atoms with E-state index in [4.69, 9.17) is 5.73 Å². The van der Waals surface area contributed by atoms with Crippen LogP contribution in [-0.4, -0.2) is 43.3 Å². The number of sulfonamides is 1. The van der Waals surface area contributed by atoms with Crippen LogP contribution in [-0.2, 0) is 21.4 Å². The van der Waals surface area contributed by atoms with E-state index in [1.165, 1.54) is 25.3 Å². The zero-order valence-corrected chi connectivity index (χ0v) is 13.4. The fourth-order valence-electron chi connectivity index (χ4n) is 1.98. The van der Waals surface area contributed by atoms with Gasteiger partial charge in [0.2, 0.25) is 15.9 Å². The number of carbonyl (C=O) groups is 1. The number of aromatic nitrogens is 1. The molecule has 1 unspecified atom stereocenters. The molecule has 0 aliphatic rings. The van der Waals surface area contributed by atoms with Gasteiger partial charge in [-0.05, 0) is 32.9 Å². The van der Waals surface area contributed by atoms with E-state index in [9.17, 15) is 13.2 Å². The molecular formula is C13H22N4O3S. The Bertz CT molecular complexity index is 585. The number of nitrogens with zero attached hydrogens (tertiary/aromatic N) is 2. The summed E-state index contributed by atoms with van der Waals surface area (Å²) in [4.78, 5) is 17.6. The van der Waals surface area contributed by atoms with Crippen LogP contribution in [0.2, 0.25) is 0 Å². The lowest BCUT2D eigenvalue weighted by Gasteiger charge is -2.23. The zero-order chi connectivity index (χ0) is 16.0. The second kappa shape index (κ2) is 7.48. The average Bonchev–Trinajstić information content (AvgIpc) is 2.47. The first kappa shape index (κ1) is 17.5. The van der Waals surface area contributed by atoms with Crippen LogP contribution in [0.1, 0.15) is 26.5 Å². The minimum atomic E-state index is -3.84. The standard InChI is InChI=1S/C13H22N4O3S/c1-4-17(5-2)13(18)10(3)16-21(19,20)12-7-6-8-15-11(12)9-14/h6-8,10,16H,4-5,9,14H2,1-3H3. The summed E-state index contributed by atoms with van der Waals surface area (Å²) in [6.07, 6.45) is 1.48. The van der Waals surface area contributed by atoms with Crippen molar-refractivity contribution in [1.29, 1.82) is 0 Å². The van der Waals surface area contributed by atoms with E-state index in [0.29, 0.717) is 13.1 Å². The number of carbonyl (C=O) groups excluding carboxylic acids is 1. The second-order valence-electron chi connectivity index (χ2n) is 4.51. The predicted molar refractivity (Wildman–Crippen MR) is 79.8 cm³/mol. The van der Waals surface area contributed by atoms with Crippen LogP contribution >= 0.6 is 0 Å².